The Morgan fingerprint density at radius 2 is 1.58 bits per heavy atom. The van der Waals surface area contributed by atoms with Gasteiger partial charge in [0.15, 0.2) is 18.1 Å². The highest BCUT2D eigenvalue weighted by Crippen LogP contribution is 2.29. The van der Waals surface area contributed by atoms with Crippen LogP contribution in [-0.2, 0) is 16.1 Å². The molecule has 1 atom stereocenters. The summed E-state index contributed by atoms with van der Waals surface area (Å²) < 4.78 is 16.3. The van der Waals surface area contributed by atoms with Gasteiger partial charge in [0.1, 0.15) is 6.61 Å². The van der Waals surface area contributed by atoms with E-state index in [1.807, 2.05) is 67.6 Å². The van der Waals surface area contributed by atoms with E-state index in [-0.39, 0.29) is 24.1 Å². The van der Waals surface area contributed by atoms with Gasteiger partial charge >= 0.3 is 5.97 Å². The van der Waals surface area contributed by atoms with Crippen LogP contribution in [0.1, 0.15) is 34.5 Å². The number of carbonyl (C=O) groups excluding carboxylic acids is 2. The van der Waals surface area contributed by atoms with E-state index in [9.17, 15) is 9.59 Å². The maximum Gasteiger partial charge on any atom is 0.338 e. The largest absolute Gasteiger partial charge is 0.493 e. The lowest BCUT2D eigenvalue weighted by atomic mass is 10.1. The lowest BCUT2D eigenvalue weighted by molar-refractivity contribution is -0.124. The summed E-state index contributed by atoms with van der Waals surface area (Å²) in [5.41, 5.74) is 2.26. The summed E-state index contributed by atoms with van der Waals surface area (Å²) >= 11 is 0. The third-order valence-electron chi connectivity index (χ3n) is 4.65. The maximum absolute atomic E-state index is 12.4. The van der Waals surface area contributed by atoms with Crippen molar-refractivity contribution in [2.45, 2.75) is 19.6 Å². The first-order chi connectivity index (χ1) is 15.1. The molecular formula is C25H25NO5. The predicted octanol–water partition coefficient (Wildman–Crippen LogP) is 4.31. The number of benzene rings is 3. The van der Waals surface area contributed by atoms with Crippen LogP contribution in [0.4, 0.5) is 0 Å². The van der Waals surface area contributed by atoms with Gasteiger partial charge in [0, 0.05) is 0 Å². The summed E-state index contributed by atoms with van der Waals surface area (Å²) in [4.78, 5) is 24.5. The molecule has 0 unspecified atom stereocenters. The fraction of sp³-hybridized carbons (Fsp3) is 0.200. The molecule has 3 aromatic carbocycles. The predicted molar refractivity (Wildman–Crippen MR) is 117 cm³/mol. The molecular weight excluding hydrogens is 394 g/mol. The Morgan fingerprint density at radius 3 is 2.26 bits per heavy atom. The van der Waals surface area contributed by atoms with Crippen LogP contribution >= 0.6 is 0 Å². The van der Waals surface area contributed by atoms with E-state index in [2.05, 4.69) is 5.32 Å². The van der Waals surface area contributed by atoms with Crippen LogP contribution in [0.2, 0.25) is 0 Å². The Morgan fingerprint density at radius 1 is 0.903 bits per heavy atom. The molecule has 3 rings (SSSR count). The molecule has 1 amide bonds. The molecule has 0 fully saturated rings. The van der Waals surface area contributed by atoms with Gasteiger partial charge in [0.25, 0.3) is 5.91 Å². The molecule has 0 aliphatic rings. The molecule has 0 saturated heterocycles. The number of amides is 1. The number of carbonyl (C=O) groups is 2. The molecule has 0 spiro atoms. The van der Waals surface area contributed by atoms with Crippen molar-refractivity contribution in [1.82, 2.24) is 5.32 Å². The lowest BCUT2D eigenvalue weighted by Crippen LogP contribution is -2.31. The SMILES string of the molecule is COc1cc(C(=O)OCC(=O)N[C@@H](C)c2ccccc2)ccc1OCc1ccccc1. The van der Waals surface area contributed by atoms with Crippen molar-refractivity contribution in [3.63, 3.8) is 0 Å². The van der Waals surface area contributed by atoms with Gasteiger partial charge in [-0.2, -0.15) is 0 Å². The number of nitrogens with one attached hydrogen (secondary N) is 1. The quantitative estimate of drug-likeness (QED) is 0.523. The van der Waals surface area contributed by atoms with Crippen molar-refractivity contribution in [3.05, 3.63) is 95.6 Å². The van der Waals surface area contributed by atoms with E-state index in [1.54, 1.807) is 12.1 Å². The highest BCUT2D eigenvalue weighted by atomic mass is 16.5. The summed E-state index contributed by atoms with van der Waals surface area (Å²) in [5.74, 6) is -0.0697. The number of esters is 1. The first-order valence-corrected chi connectivity index (χ1v) is 9.93. The van der Waals surface area contributed by atoms with E-state index in [4.69, 9.17) is 14.2 Å². The molecule has 160 valence electrons. The van der Waals surface area contributed by atoms with Gasteiger partial charge < -0.3 is 19.5 Å². The Labute approximate surface area is 181 Å². The Kier molecular flexibility index (Phi) is 7.65. The van der Waals surface area contributed by atoms with Crippen molar-refractivity contribution >= 4 is 11.9 Å². The van der Waals surface area contributed by atoms with Gasteiger partial charge in [-0.1, -0.05) is 60.7 Å². The molecule has 1 N–H and O–H groups in total. The molecule has 0 heterocycles. The number of rotatable bonds is 9. The second-order valence-corrected chi connectivity index (χ2v) is 6.92. The molecule has 3 aromatic rings. The first-order valence-electron chi connectivity index (χ1n) is 9.93. The van der Waals surface area contributed by atoms with Crippen LogP contribution in [0.5, 0.6) is 11.5 Å². The standard InChI is InChI=1S/C25H25NO5/c1-18(20-11-7-4-8-12-20)26-24(27)17-31-25(28)21-13-14-22(23(15-21)29-2)30-16-19-9-5-3-6-10-19/h3-15,18H,16-17H2,1-2H3,(H,26,27)/t18-/m0/s1. The van der Waals surface area contributed by atoms with Crippen LogP contribution in [0.3, 0.4) is 0 Å². The topological polar surface area (TPSA) is 73.9 Å². The zero-order valence-electron chi connectivity index (χ0n) is 17.5. The van der Waals surface area contributed by atoms with Crippen LogP contribution in [0.15, 0.2) is 78.9 Å². The van der Waals surface area contributed by atoms with Crippen molar-refractivity contribution in [2.24, 2.45) is 0 Å². The summed E-state index contributed by atoms with van der Waals surface area (Å²) in [5, 5.41) is 2.81. The van der Waals surface area contributed by atoms with Crippen molar-refractivity contribution < 1.29 is 23.8 Å². The normalized spacial score (nSPS) is 11.3. The molecule has 0 saturated carbocycles. The zero-order valence-corrected chi connectivity index (χ0v) is 17.5. The highest BCUT2D eigenvalue weighted by molar-refractivity contribution is 5.92. The number of ether oxygens (including phenoxy) is 3. The van der Waals surface area contributed by atoms with E-state index in [0.717, 1.165) is 11.1 Å². The number of hydrogen-bond donors (Lipinski definition) is 1. The molecule has 6 heteroatoms. The van der Waals surface area contributed by atoms with E-state index < -0.39 is 5.97 Å². The molecule has 0 aliphatic heterocycles. The summed E-state index contributed by atoms with van der Waals surface area (Å²) in [7, 11) is 1.50. The lowest BCUT2D eigenvalue weighted by Gasteiger charge is -2.15. The van der Waals surface area contributed by atoms with Crippen molar-refractivity contribution in [3.8, 4) is 11.5 Å². The van der Waals surface area contributed by atoms with Gasteiger partial charge in [-0.3, -0.25) is 4.79 Å². The van der Waals surface area contributed by atoms with Gasteiger partial charge in [-0.15, -0.1) is 0 Å². The summed E-state index contributed by atoms with van der Waals surface area (Å²) in [6, 6.07) is 23.9. The van der Waals surface area contributed by atoms with Gasteiger partial charge in [-0.25, -0.2) is 4.79 Å². The number of hydrogen-bond acceptors (Lipinski definition) is 5. The minimum Gasteiger partial charge on any atom is -0.493 e. The third-order valence-corrected chi connectivity index (χ3v) is 4.65. The summed E-state index contributed by atoms with van der Waals surface area (Å²) in [6.07, 6.45) is 0. The van der Waals surface area contributed by atoms with E-state index in [1.165, 1.54) is 13.2 Å². The molecule has 0 aromatic heterocycles. The maximum atomic E-state index is 12.4. The van der Waals surface area contributed by atoms with E-state index >= 15 is 0 Å². The average Bonchev–Trinajstić information content (AvgIpc) is 2.82. The van der Waals surface area contributed by atoms with Crippen molar-refractivity contribution in [1.29, 1.82) is 0 Å². The smallest absolute Gasteiger partial charge is 0.338 e. The van der Waals surface area contributed by atoms with Crippen LogP contribution in [-0.4, -0.2) is 25.6 Å². The monoisotopic (exact) mass is 419 g/mol. The summed E-state index contributed by atoms with van der Waals surface area (Å²) in [6.45, 7) is 1.87. The molecule has 31 heavy (non-hydrogen) atoms. The van der Waals surface area contributed by atoms with E-state index in [0.29, 0.717) is 18.1 Å². The molecule has 0 bridgehead atoms. The minimum atomic E-state index is -0.615. The minimum absolute atomic E-state index is 0.187. The van der Waals surface area contributed by atoms with Gasteiger partial charge in [0.05, 0.1) is 18.7 Å². The highest BCUT2D eigenvalue weighted by Gasteiger charge is 2.15. The second-order valence-electron chi connectivity index (χ2n) is 6.92. The third kappa shape index (κ3) is 6.34. The Hall–Kier alpha value is -3.80. The zero-order chi connectivity index (χ0) is 22.1. The van der Waals surface area contributed by atoms with Crippen LogP contribution in [0.25, 0.3) is 0 Å². The first kappa shape index (κ1) is 21.9. The van der Waals surface area contributed by atoms with Crippen LogP contribution in [0, 0.1) is 0 Å². The Balaban J connectivity index is 1.54. The van der Waals surface area contributed by atoms with Gasteiger partial charge in [-0.05, 0) is 36.2 Å². The van der Waals surface area contributed by atoms with Gasteiger partial charge in [0.2, 0.25) is 0 Å². The average molecular weight is 419 g/mol. The van der Waals surface area contributed by atoms with Crippen LogP contribution < -0.4 is 14.8 Å². The number of methoxy groups -OCH3 is 1. The Bertz CT molecular complexity index is 1000. The fourth-order valence-corrected chi connectivity index (χ4v) is 2.97. The second kappa shape index (κ2) is 10.8. The molecule has 0 aliphatic carbocycles. The van der Waals surface area contributed by atoms with Crippen molar-refractivity contribution in [2.75, 3.05) is 13.7 Å². The molecule has 6 nitrogen and oxygen atoms in total. The molecule has 0 radical (unpaired) electrons. The fourth-order valence-electron chi connectivity index (χ4n) is 2.97.